The molecule has 1 N–H and O–H groups in total. The maximum absolute atomic E-state index is 8.58. The summed E-state index contributed by atoms with van der Waals surface area (Å²) in [7, 11) is 0. The highest BCUT2D eigenvalue weighted by Crippen LogP contribution is 2.59. The van der Waals surface area contributed by atoms with E-state index in [9.17, 15) is 0 Å². The Morgan fingerprint density at radius 1 is 0.757 bits per heavy atom. The minimum absolute atomic E-state index is 0.0443. The molecule has 1 aliphatic heterocycles. The van der Waals surface area contributed by atoms with Crippen molar-refractivity contribution < 1.29 is 9.47 Å². The molecule has 0 unspecified atom stereocenters. The van der Waals surface area contributed by atoms with E-state index < -0.39 is 0 Å². The number of rotatable bonds is 3. The molecule has 4 aromatic rings. The van der Waals surface area contributed by atoms with Crippen LogP contribution in [0.3, 0.4) is 0 Å². The zero-order valence-electron chi connectivity index (χ0n) is 21.0. The molecule has 0 fully saturated rings. The van der Waals surface area contributed by atoms with Gasteiger partial charge in [0.15, 0.2) is 23.0 Å². The number of allylic oxidation sites excluding steroid dienone is 4. The first kappa shape index (κ1) is 21.9. The lowest BCUT2D eigenvalue weighted by molar-refractivity contribution is 0.359. The lowest BCUT2D eigenvalue weighted by Crippen LogP contribution is -2.16. The largest absolute Gasteiger partial charge is 0.449 e. The molecule has 0 amide bonds. The predicted octanol–water partition coefficient (Wildman–Crippen LogP) is 9.06. The summed E-state index contributed by atoms with van der Waals surface area (Å²) in [5.41, 5.74) is 9.56. The van der Waals surface area contributed by atoms with Crippen LogP contribution in [0.15, 0.2) is 103 Å². The Morgan fingerprint density at radius 2 is 1.49 bits per heavy atom. The van der Waals surface area contributed by atoms with E-state index in [0.717, 1.165) is 58.1 Å². The van der Waals surface area contributed by atoms with Crippen LogP contribution < -0.4 is 9.47 Å². The Hall–Kier alpha value is -4.37. The topological polar surface area (TPSA) is 42.3 Å². The first-order chi connectivity index (χ1) is 18.0. The minimum atomic E-state index is -0.0443. The van der Waals surface area contributed by atoms with Crippen LogP contribution in [-0.4, -0.2) is 5.71 Å². The van der Waals surface area contributed by atoms with Crippen LogP contribution in [0, 0.1) is 5.41 Å². The SMILES string of the molecule is CC1(C)C2=C(CCC=C2)c2c1ccc1c2Oc2cccc(-c3ccc(C(=N)c4ccccc4)cc3)c2O1. The van der Waals surface area contributed by atoms with Crippen LogP contribution in [0.25, 0.3) is 16.7 Å². The Kier molecular flexibility index (Phi) is 4.77. The van der Waals surface area contributed by atoms with Gasteiger partial charge < -0.3 is 9.47 Å². The summed E-state index contributed by atoms with van der Waals surface area (Å²) in [6.45, 7) is 4.60. The van der Waals surface area contributed by atoms with Crippen molar-refractivity contribution in [3.63, 3.8) is 0 Å². The van der Waals surface area contributed by atoms with E-state index in [0.29, 0.717) is 5.71 Å². The van der Waals surface area contributed by atoms with E-state index in [-0.39, 0.29) is 5.41 Å². The van der Waals surface area contributed by atoms with Gasteiger partial charge in [-0.2, -0.15) is 0 Å². The number of fused-ring (bicyclic) bond motifs is 5. The van der Waals surface area contributed by atoms with Gasteiger partial charge in [0.25, 0.3) is 0 Å². The normalized spacial score (nSPS) is 16.2. The van der Waals surface area contributed by atoms with Crippen LogP contribution in [0.5, 0.6) is 23.0 Å². The van der Waals surface area contributed by atoms with E-state index in [2.05, 4.69) is 56.3 Å². The highest BCUT2D eigenvalue weighted by molar-refractivity contribution is 6.11. The summed E-state index contributed by atoms with van der Waals surface area (Å²) < 4.78 is 13.2. The van der Waals surface area contributed by atoms with E-state index >= 15 is 0 Å². The molecule has 0 saturated heterocycles. The van der Waals surface area contributed by atoms with Crippen molar-refractivity contribution in [2.45, 2.75) is 32.1 Å². The number of benzene rings is 4. The van der Waals surface area contributed by atoms with Crippen LogP contribution in [0.1, 0.15) is 48.9 Å². The monoisotopic (exact) mass is 481 g/mol. The van der Waals surface area contributed by atoms with Gasteiger partial charge in [-0.3, -0.25) is 5.41 Å². The standard InChI is InChI=1S/C34H27NO2/c1-34(2)26-13-7-6-11-25(26)30-27(34)19-20-29-33(30)37-28-14-8-12-24(32(28)36-29)21-15-17-23(18-16-21)31(35)22-9-4-3-5-10-22/h3-5,7-10,12-20,35H,6,11H2,1-2H3. The highest BCUT2D eigenvalue weighted by atomic mass is 16.6. The maximum Gasteiger partial charge on any atom is 0.177 e. The van der Waals surface area contributed by atoms with Gasteiger partial charge >= 0.3 is 0 Å². The average molecular weight is 482 g/mol. The molecule has 0 radical (unpaired) electrons. The number of nitrogens with one attached hydrogen (secondary N) is 1. The maximum atomic E-state index is 8.58. The smallest absolute Gasteiger partial charge is 0.177 e. The molecule has 0 spiro atoms. The molecular weight excluding hydrogens is 454 g/mol. The van der Waals surface area contributed by atoms with Crippen molar-refractivity contribution in [1.82, 2.24) is 0 Å². The van der Waals surface area contributed by atoms with Gasteiger partial charge in [0, 0.05) is 22.1 Å². The molecule has 7 rings (SSSR count). The lowest BCUT2D eigenvalue weighted by Gasteiger charge is -2.27. The lowest BCUT2D eigenvalue weighted by atomic mass is 9.80. The van der Waals surface area contributed by atoms with E-state index in [1.165, 1.54) is 22.3 Å². The quantitative estimate of drug-likeness (QED) is 0.261. The molecule has 0 saturated carbocycles. The summed E-state index contributed by atoms with van der Waals surface area (Å²) in [6.07, 6.45) is 6.66. The third-order valence-electron chi connectivity index (χ3n) is 7.89. The van der Waals surface area contributed by atoms with Gasteiger partial charge in [0.1, 0.15) is 0 Å². The zero-order valence-corrected chi connectivity index (χ0v) is 21.0. The van der Waals surface area contributed by atoms with Crippen LogP contribution >= 0.6 is 0 Å². The summed E-state index contributed by atoms with van der Waals surface area (Å²) in [6, 6.07) is 28.3. The first-order valence-corrected chi connectivity index (χ1v) is 12.8. The summed E-state index contributed by atoms with van der Waals surface area (Å²) >= 11 is 0. The van der Waals surface area contributed by atoms with Crippen LogP contribution in [0.2, 0.25) is 0 Å². The first-order valence-electron chi connectivity index (χ1n) is 12.8. The number of ether oxygens (including phenoxy) is 2. The molecule has 2 aliphatic carbocycles. The molecule has 3 heteroatoms. The third kappa shape index (κ3) is 3.31. The number of hydrogen-bond donors (Lipinski definition) is 1. The summed E-state index contributed by atoms with van der Waals surface area (Å²) in [5, 5.41) is 8.58. The van der Waals surface area contributed by atoms with Crippen molar-refractivity contribution in [1.29, 1.82) is 5.41 Å². The minimum Gasteiger partial charge on any atom is -0.449 e. The molecule has 37 heavy (non-hydrogen) atoms. The van der Waals surface area contributed by atoms with Crippen LogP contribution in [0.4, 0.5) is 0 Å². The number of para-hydroxylation sites is 1. The third-order valence-corrected chi connectivity index (χ3v) is 7.89. The van der Waals surface area contributed by atoms with Gasteiger partial charge in [-0.1, -0.05) is 98.8 Å². The van der Waals surface area contributed by atoms with Crippen molar-refractivity contribution >= 4 is 11.3 Å². The molecular formula is C34H27NO2. The van der Waals surface area contributed by atoms with Crippen LogP contribution in [-0.2, 0) is 5.41 Å². The second kappa shape index (κ2) is 8.07. The Bertz CT molecular complexity index is 1640. The number of hydrogen-bond acceptors (Lipinski definition) is 3. The highest BCUT2D eigenvalue weighted by Gasteiger charge is 2.41. The molecule has 180 valence electrons. The Balaban J connectivity index is 1.26. The molecule has 1 heterocycles. The molecule has 0 aromatic heterocycles. The fourth-order valence-electron chi connectivity index (χ4n) is 5.96. The van der Waals surface area contributed by atoms with Crippen molar-refractivity contribution in [2.24, 2.45) is 0 Å². The Morgan fingerprint density at radius 3 is 2.30 bits per heavy atom. The van der Waals surface area contributed by atoms with Crippen molar-refractivity contribution in [2.75, 3.05) is 0 Å². The molecule has 0 bridgehead atoms. The second-order valence-electron chi connectivity index (χ2n) is 10.4. The average Bonchev–Trinajstić information content (AvgIpc) is 3.18. The van der Waals surface area contributed by atoms with Gasteiger partial charge in [-0.25, -0.2) is 0 Å². The summed E-state index contributed by atoms with van der Waals surface area (Å²) in [4.78, 5) is 0. The fraction of sp³-hybridized carbons (Fsp3) is 0.147. The van der Waals surface area contributed by atoms with E-state index in [4.69, 9.17) is 14.9 Å². The molecule has 0 atom stereocenters. The Labute approximate surface area is 217 Å². The fourth-order valence-corrected chi connectivity index (χ4v) is 5.96. The molecule has 3 aliphatic rings. The molecule has 3 nitrogen and oxygen atoms in total. The van der Waals surface area contributed by atoms with Crippen molar-refractivity contribution in [3.8, 4) is 34.1 Å². The van der Waals surface area contributed by atoms with Gasteiger partial charge in [0.05, 0.1) is 5.71 Å². The predicted molar refractivity (Wildman–Crippen MR) is 149 cm³/mol. The summed E-state index contributed by atoms with van der Waals surface area (Å²) in [5.74, 6) is 3.07. The van der Waals surface area contributed by atoms with E-state index in [1.807, 2.05) is 54.6 Å². The van der Waals surface area contributed by atoms with Gasteiger partial charge in [-0.05, 0) is 52.8 Å². The second-order valence-corrected chi connectivity index (χ2v) is 10.4. The van der Waals surface area contributed by atoms with Crippen molar-refractivity contribution in [3.05, 3.63) is 125 Å². The van der Waals surface area contributed by atoms with E-state index in [1.54, 1.807) is 0 Å². The zero-order chi connectivity index (χ0) is 25.1. The van der Waals surface area contributed by atoms with Gasteiger partial charge in [-0.15, -0.1) is 0 Å². The van der Waals surface area contributed by atoms with Gasteiger partial charge in [0.2, 0.25) is 0 Å². The molecule has 4 aromatic carbocycles.